The summed E-state index contributed by atoms with van der Waals surface area (Å²) in [5.74, 6) is 1.70. The van der Waals surface area contributed by atoms with Gasteiger partial charge in [-0.25, -0.2) is 9.97 Å². The standard InChI is InChI=1S/C22H18N4/c1-2-8-19(9-3-1)26(22-11-5-7-17-24-22)20-14-12-18(13-15-20)25-21-10-4-6-16-23-21/h1-17H,(H,23,25). The summed E-state index contributed by atoms with van der Waals surface area (Å²) in [7, 11) is 0. The quantitative estimate of drug-likeness (QED) is 0.507. The van der Waals surface area contributed by atoms with E-state index in [-0.39, 0.29) is 0 Å². The van der Waals surface area contributed by atoms with Gasteiger partial charge in [-0.05, 0) is 60.7 Å². The molecular formula is C22H18N4. The van der Waals surface area contributed by atoms with Crippen LogP contribution in [0.1, 0.15) is 0 Å². The maximum absolute atomic E-state index is 4.52. The Kier molecular flexibility index (Phi) is 4.56. The molecular weight excluding hydrogens is 320 g/mol. The van der Waals surface area contributed by atoms with Gasteiger partial charge in [-0.15, -0.1) is 0 Å². The van der Waals surface area contributed by atoms with E-state index in [4.69, 9.17) is 0 Å². The van der Waals surface area contributed by atoms with Crippen LogP contribution in [0.25, 0.3) is 0 Å². The molecule has 4 aromatic rings. The topological polar surface area (TPSA) is 41.0 Å². The third-order valence-electron chi connectivity index (χ3n) is 3.96. The Morgan fingerprint density at radius 1 is 0.577 bits per heavy atom. The molecule has 0 spiro atoms. The first kappa shape index (κ1) is 15.8. The molecule has 1 N–H and O–H groups in total. The molecule has 126 valence electrons. The van der Waals surface area contributed by atoms with E-state index < -0.39 is 0 Å². The minimum Gasteiger partial charge on any atom is -0.340 e. The number of anilines is 5. The minimum absolute atomic E-state index is 0.824. The first-order chi connectivity index (χ1) is 12.9. The van der Waals surface area contributed by atoms with Crippen LogP contribution in [0.2, 0.25) is 0 Å². The van der Waals surface area contributed by atoms with Gasteiger partial charge in [0.25, 0.3) is 0 Å². The van der Waals surface area contributed by atoms with E-state index >= 15 is 0 Å². The largest absolute Gasteiger partial charge is 0.340 e. The molecule has 0 saturated carbocycles. The molecule has 0 bridgehead atoms. The van der Waals surface area contributed by atoms with Gasteiger partial charge in [-0.3, -0.25) is 4.90 Å². The van der Waals surface area contributed by atoms with Crippen LogP contribution in [0.3, 0.4) is 0 Å². The van der Waals surface area contributed by atoms with Gasteiger partial charge in [-0.2, -0.15) is 0 Å². The Morgan fingerprint density at radius 3 is 1.88 bits per heavy atom. The lowest BCUT2D eigenvalue weighted by Crippen LogP contribution is -2.11. The molecule has 0 unspecified atom stereocenters. The Balaban J connectivity index is 1.66. The van der Waals surface area contributed by atoms with Crippen molar-refractivity contribution in [1.29, 1.82) is 0 Å². The van der Waals surface area contributed by atoms with Crippen molar-refractivity contribution < 1.29 is 0 Å². The fraction of sp³-hybridized carbons (Fsp3) is 0. The molecule has 0 radical (unpaired) electrons. The summed E-state index contributed by atoms with van der Waals surface area (Å²) in [6.45, 7) is 0. The summed E-state index contributed by atoms with van der Waals surface area (Å²) in [6.07, 6.45) is 3.58. The third kappa shape index (κ3) is 3.54. The summed E-state index contributed by atoms with van der Waals surface area (Å²) in [4.78, 5) is 10.9. The number of hydrogen-bond donors (Lipinski definition) is 1. The van der Waals surface area contributed by atoms with Gasteiger partial charge in [0.2, 0.25) is 0 Å². The number of hydrogen-bond acceptors (Lipinski definition) is 4. The molecule has 4 heteroatoms. The van der Waals surface area contributed by atoms with Gasteiger partial charge < -0.3 is 5.32 Å². The van der Waals surface area contributed by atoms with Crippen molar-refractivity contribution in [2.24, 2.45) is 0 Å². The number of nitrogens with zero attached hydrogens (tertiary/aromatic N) is 3. The van der Waals surface area contributed by atoms with Gasteiger partial charge in [0, 0.05) is 29.5 Å². The second-order valence-electron chi connectivity index (χ2n) is 5.75. The molecule has 0 fully saturated rings. The third-order valence-corrected chi connectivity index (χ3v) is 3.96. The van der Waals surface area contributed by atoms with E-state index in [1.54, 1.807) is 6.20 Å². The van der Waals surface area contributed by atoms with E-state index in [2.05, 4.69) is 44.5 Å². The van der Waals surface area contributed by atoms with E-state index in [0.29, 0.717) is 0 Å². The Morgan fingerprint density at radius 2 is 1.23 bits per heavy atom. The van der Waals surface area contributed by atoms with Crippen LogP contribution in [0.4, 0.5) is 28.7 Å². The van der Waals surface area contributed by atoms with Crippen molar-refractivity contribution in [1.82, 2.24) is 9.97 Å². The molecule has 4 rings (SSSR count). The predicted octanol–water partition coefficient (Wildman–Crippen LogP) is 5.69. The second kappa shape index (κ2) is 7.49. The number of nitrogens with one attached hydrogen (secondary N) is 1. The van der Waals surface area contributed by atoms with E-state index in [9.17, 15) is 0 Å². The molecule has 0 atom stereocenters. The summed E-state index contributed by atoms with van der Waals surface area (Å²) in [5, 5.41) is 3.30. The van der Waals surface area contributed by atoms with Gasteiger partial charge in [0.05, 0.1) is 0 Å². The number of pyridine rings is 2. The molecule has 2 aromatic heterocycles. The Labute approximate surface area is 152 Å². The molecule has 4 nitrogen and oxygen atoms in total. The summed E-state index contributed by atoms with van der Waals surface area (Å²) < 4.78 is 0. The van der Waals surface area contributed by atoms with Crippen molar-refractivity contribution >= 4 is 28.7 Å². The molecule has 0 aliphatic carbocycles. The Hall–Kier alpha value is -3.66. The normalized spacial score (nSPS) is 10.3. The van der Waals surface area contributed by atoms with Crippen molar-refractivity contribution in [3.05, 3.63) is 103 Å². The number of rotatable bonds is 5. The minimum atomic E-state index is 0.824. The first-order valence-electron chi connectivity index (χ1n) is 8.44. The highest BCUT2D eigenvalue weighted by Gasteiger charge is 2.12. The highest BCUT2D eigenvalue weighted by molar-refractivity contribution is 5.75. The monoisotopic (exact) mass is 338 g/mol. The molecule has 2 heterocycles. The van der Waals surface area contributed by atoms with Gasteiger partial charge in [0.1, 0.15) is 11.6 Å². The average Bonchev–Trinajstić information content (AvgIpc) is 2.72. The number of benzene rings is 2. The molecule has 0 aliphatic heterocycles. The lowest BCUT2D eigenvalue weighted by atomic mass is 10.2. The molecule has 0 saturated heterocycles. The van der Waals surface area contributed by atoms with Gasteiger partial charge >= 0.3 is 0 Å². The molecule has 26 heavy (non-hydrogen) atoms. The SMILES string of the molecule is c1ccc(N(c2ccc(Nc3ccccn3)cc2)c2ccccn2)cc1. The van der Waals surface area contributed by atoms with Gasteiger partial charge in [0.15, 0.2) is 0 Å². The van der Waals surface area contributed by atoms with Crippen LogP contribution in [0, 0.1) is 0 Å². The van der Waals surface area contributed by atoms with Crippen LogP contribution in [-0.4, -0.2) is 9.97 Å². The number of para-hydroxylation sites is 1. The number of aromatic nitrogens is 2. The highest BCUT2D eigenvalue weighted by atomic mass is 15.2. The first-order valence-corrected chi connectivity index (χ1v) is 8.44. The van der Waals surface area contributed by atoms with Crippen molar-refractivity contribution in [2.45, 2.75) is 0 Å². The Bertz CT molecular complexity index is 900. The second-order valence-corrected chi connectivity index (χ2v) is 5.75. The molecule has 0 aliphatic rings. The van der Waals surface area contributed by atoms with E-state index in [0.717, 1.165) is 28.7 Å². The van der Waals surface area contributed by atoms with Crippen LogP contribution >= 0.6 is 0 Å². The van der Waals surface area contributed by atoms with Crippen molar-refractivity contribution in [3.63, 3.8) is 0 Å². The maximum Gasteiger partial charge on any atom is 0.137 e. The molecule has 0 amide bonds. The summed E-state index contributed by atoms with van der Waals surface area (Å²) in [6, 6.07) is 30.2. The zero-order valence-corrected chi connectivity index (χ0v) is 14.2. The summed E-state index contributed by atoms with van der Waals surface area (Å²) >= 11 is 0. The summed E-state index contributed by atoms with van der Waals surface area (Å²) in [5.41, 5.74) is 3.10. The van der Waals surface area contributed by atoms with Crippen LogP contribution in [-0.2, 0) is 0 Å². The highest BCUT2D eigenvalue weighted by Crippen LogP contribution is 2.33. The predicted molar refractivity (Wildman–Crippen MR) is 106 cm³/mol. The van der Waals surface area contributed by atoms with E-state index in [1.807, 2.05) is 72.9 Å². The fourth-order valence-electron chi connectivity index (χ4n) is 2.76. The van der Waals surface area contributed by atoms with Gasteiger partial charge in [-0.1, -0.05) is 30.3 Å². The maximum atomic E-state index is 4.52. The fourth-order valence-corrected chi connectivity index (χ4v) is 2.76. The zero-order valence-electron chi connectivity index (χ0n) is 14.2. The lowest BCUT2D eigenvalue weighted by Gasteiger charge is -2.24. The van der Waals surface area contributed by atoms with E-state index in [1.165, 1.54) is 0 Å². The average molecular weight is 338 g/mol. The zero-order chi connectivity index (χ0) is 17.6. The van der Waals surface area contributed by atoms with Crippen molar-refractivity contribution in [3.8, 4) is 0 Å². The smallest absolute Gasteiger partial charge is 0.137 e. The van der Waals surface area contributed by atoms with Crippen molar-refractivity contribution in [2.75, 3.05) is 10.2 Å². The lowest BCUT2D eigenvalue weighted by molar-refractivity contribution is 1.18. The van der Waals surface area contributed by atoms with Crippen LogP contribution in [0.5, 0.6) is 0 Å². The van der Waals surface area contributed by atoms with Crippen LogP contribution in [0.15, 0.2) is 103 Å². The molecule has 2 aromatic carbocycles. The van der Waals surface area contributed by atoms with Crippen LogP contribution < -0.4 is 10.2 Å².